The Morgan fingerprint density at radius 2 is 2.15 bits per heavy atom. The summed E-state index contributed by atoms with van der Waals surface area (Å²) >= 11 is 9.46. The summed E-state index contributed by atoms with van der Waals surface area (Å²) < 4.78 is 13.8. The van der Waals surface area contributed by atoms with E-state index in [1.54, 1.807) is 48.1 Å². The largest absolute Gasteiger partial charge is 0.484 e. The molecule has 2 aromatic heterocycles. The fraction of sp³-hybridized carbons (Fsp3) is 0.158. The van der Waals surface area contributed by atoms with Crippen LogP contribution in [-0.4, -0.2) is 15.6 Å². The van der Waals surface area contributed by atoms with Gasteiger partial charge in [-0.25, -0.2) is 0 Å². The number of hydrogen-bond acceptors (Lipinski definition) is 4. The van der Waals surface area contributed by atoms with Crippen LogP contribution in [0.25, 0.3) is 6.08 Å². The molecule has 0 saturated heterocycles. The summed E-state index contributed by atoms with van der Waals surface area (Å²) in [6.07, 6.45) is 3.09. The van der Waals surface area contributed by atoms with Gasteiger partial charge in [-0.1, -0.05) is 27.5 Å². The average Bonchev–Trinajstić information content (AvgIpc) is 3.18. The van der Waals surface area contributed by atoms with E-state index in [-0.39, 0.29) is 12.4 Å². The Balaban J connectivity index is 1.62. The van der Waals surface area contributed by atoms with Gasteiger partial charge in [0.2, 0.25) is 5.78 Å². The lowest BCUT2D eigenvalue weighted by atomic mass is 10.2. The van der Waals surface area contributed by atoms with Crippen molar-refractivity contribution in [2.24, 2.45) is 7.05 Å². The first-order valence-corrected chi connectivity index (χ1v) is 8.99. The molecule has 1 aromatic carbocycles. The van der Waals surface area contributed by atoms with Crippen molar-refractivity contribution in [3.63, 3.8) is 0 Å². The Hall–Kier alpha value is -2.31. The number of hydrogen-bond donors (Lipinski definition) is 0. The van der Waals surface area contributed by atoms with Gasteiger partial charge in [-0.15, -0.1) is 0 Å². The molecule has 0 atom stereocenters. The molecule has 0 aliphatic rings. The molecule has 3 aromatic rings. The molecular weight excluding hydrogens is 420 g/mol. The second kappa shape index (κ2) is 7.93. The van der Waals surface area contributed by atoms with Gasteiger partial charge in [-0.3, -0.25) is 9.48 Å². The van der Waals surface area contributed by atoms with E-state index in [1.165, 1.54) is 6.08 Å². The number of carbonyl (C=O) groups excluding carboxylic acids is 1. The van der Waals surface area contributed by atoms with Gasteiger partial charge in [0.25, 0.3) is 0 Å². The fourth-order valence-corrected chi connectivity index (χ4v) is 3.12. The number of nitrogens with zero attached hydrogens (tertiary/aromatic N) is 2. The highest BCUT2D eigenvalue weighted by atomic mass is 79.9. The molecule has 0 spiro atoms. The summed E-state index contributed by atoms with van der Waals surface area (Å²) in [6.45, 7) is 2.08. The van der Waals surface area contributed by atoms with Crippen molar-refractivity contribution in [1.29, 1.82) is 0 Å². The van der Waals surface area contributed by atoms with Crippen molar-refractivity contribution in [1.82, 2.24) is 9.78 Å². The lowest BCUT2D eigenvalue weighted by Crippen LogP contribution is -2.03. The number of rotatable bonds is 6. The third kappa shape index (κ3) is 4.45. The van der Waals surface area contributed by atoms with Crippen molar-refractivity contribution in [2.75, 3.05) is 0 Å². The summed E-state index contributed by atoms with van der Waals surface area (Å²) in [5, 5.41) is 4.68. The van der Waals surface area contributed by atoms with Gasteiger partial charge in [-0.2, -0.15) is 5.10 Å². The Morgan fingerprint density at radius 3 is 2.85 bits per heavy atom. The lowest BCUT2D eigenvalue weighted by molar-refractivity contribution is 0.103. The second-order valence-corrected chi connectivity index (χ2v) is 6.98. The summed E-state index contributed by atoms with van der Waals surface area (Å²) in [7, 11) is 1.74. The highest BCUT2D eigenvalue weighted by Gasteiger charge is 2.09. The third-order valence-electron chi connectivity index (χ3n) is 3.60. The van der Waals surface area contributed by atoms with Crippen LogP contribution in [0.15, 0.2) is 51.4 Å². The van der Waals surface area contributed by atoms with E-state index >= 15 is 0 Å². The maximum Gasteiger partial charge on any atom is 0.203 e. The van der Waals surface area contributed by atoms with Crippen LogP contribution in [-0.2, 0) is 13.7 Å². The quantitative estimate of drug-likeness (QED) is 0.394. The van der Waals surface area contributed by atoms with Crippen LogP contribution in [0.2, 0.25) is 5.02 Å². The zero-order valence-corrected chi connectivity index (χ0v) is 16.5. The number of benzene rings is 1. The minimum absolute atomic E-state index is 0.135. The number of furan rings is 1. The van der Waals surface area contributed by atoms with Gasteiger partial charge in [0, 0.05) is 11.5 Å². The van der Waals surface area contributed by atoms with Gasteiger partial charge < -0.3 is 9.15 Å². The first-order valence-electron chi connectivity index (χ1n) is 7.82. The molecule has 0 aliphatic heterocycles. The van der Waals surface area contributed by atoms with Crippen LogP contribution in [0.1, 0.15) is 27.7 Å². The molecule has 0 saturated carbocycles. The summed E-state index contributed by atoms with van der Waals surface area (Å²) in [4.78, 5) is 12.2. The summed E-state index contributed by atoms with van der Waals surface area (Å²) in [5.41, 5.74) is 1.33. The molecule has 7 heteroatoms. The minimum Gasteiger partial charge on any atom is -0.484 e. The predicted molar refractivity (Wildman–Crippen MR) is 104 cm³/mol. The fourth-order valence-electron chi connectivity index (χ4n) is 2.39. The molecule has 0 N–H and O–H groups in total. The highest BCUT2D eigenvalue weighted by molar-refractivity contribution is 9.10. The Kier molecular flexibility index (Phi) is 5.64. The van der Waals surface area contributed by atoms with Crippen LogP contribution in [0.3, 0.4) is 0 Å². The van der Waals surface area contributed by atoms with Crippen LogP contribution in [0.4, 0.5) is 0 Å². The monoisotopic (exact) mass is 434 g/mol. The normalized spacial score (nSPS) is 11.2. The Bertz CT molecular complexity index is 975. The van der Waals surface area contributed by atoms with E-state index in [9.17, 15) is 4.79 Å². The van der Waals surface area contributed by atoms with Crippen molar-refractivity contribution >= 4 is 39.4 Å². The number of aromatic nitrogens is 2. The Morgan fingerprint density at radius 1 is 1.35 bits per heavy atom. The van der Waals surface area contributed by atoms with Crippen molar-refractivity contribution < 1.29 is 13.9 Å². The Labute approximate surface area is 164 Å². The smallest absolute Gasteiger partial charge is 0.203 e. The van der Waals surface area contributed by atoms with Gasteiger partial charge in [0.15, 0.2) is 0 Å². The molecular formula is C19H16BrClN2O3. The highest BCUT2D eigenvalue weighted by Crippen LogP contribution is 2.28. The molecule has 134 valence electrons. The molecule has 0 unspecified atom stereocenters. The summed E-state index contributed by atoms with van der Waals surface area (Å²) in [6, 6.07) is 10.7. The van der Waals surface area contributed by atoms with Crippen LogP contribution in [0.5, 0.6) is 5.75 Å². The first-order chi connectivity index (χ1) is 12.4. The maximum atomic E-state index is 12.2. The third-order valence-corrected chi connectivity index (χ3v) is 4.39. The molecule has 5 nitrogen and oxygen atoms in total. The van der Waals surface area contributed by atoms with Gasteiger partial charge >= 0.3 is 0 Å². The SMILES string of the molecule is Cc1cc(C(=O)/C=C/c2ccc(COc3ccc(Br)cc3Cl)o2)n(C)n1. The molecule has 0 amide bonds. The standard InChI is InChI=1S/C19H16BrClN2O3/c1-12-9-17(23(2)22-12)18(24)7-6-14-4-5-15(26-14)11-25-19-8-3-13(20)10-16(19)21/h3-10H,11H2,1-2H3/b7-6+. The zero-order valence-electron chi connectivity index (χ0n) is 14.2. The van der Waals surface area contributed by atoms with E-state index < -0.39 is 0 Å². The van der Waals surface area contributed by atoms with Crippen LogP contribution >= 0.6 is 27.5 Å². The molecule has 26 heavy (non-hydrogen) atoms. The van der Waals surface area contributed by atoms with Crippen LogP contribution in [0, 0.1) is 6.92 Å². The molecule has 0 fully saturated rings. The molecule has 2 heterocycles. The summed E-state index contributed by atoms with van der Waals surface area (Å²) in [5.74, 6) is 1.64. The number of allylic oxidation sites excluding steroid dienone is 1. The molecule has 0 radical (unpaired) electrons. The lowest BCUT2D eigenvalue weighted by Gasteiger charge is -2.06. The number of aryl methyl sites for hydroxylation is 2. The van der Waals surface area contributed by atoms with Crippen molar-refractivity contribution in [2.45, 2.75) is 13.5 Å². The number of carbonyl (C=O) groups is 1. The molecule has 3 rings (SSSR count). The number of ether oxygens (including phenoxy) is 1. The number of ketones is 1. The topological polar surface area (TPSA) is 57.3 Å². The minimum atomic E-state index is -0.135. The van der Waals surface area contributed by atoms with E-state index in [0.29, 0.717) is 28.0 Å². The number of halogens is 2. The molecule has 0 aliphatic carbocycles. The van der Waals surface area contributed by atoms with E-state index in [1.807, 2.05) is 13.0 Å². The average molecular weight is 436 g/mol. The zero-order chi connectivity index (χ0) is 18.7. The van der Waals surface area contributed by atoms with Crippen molar-refractivity contribution in [3.8, 4) is 5.75 Å². The van der Waals surface area contributed by atoms with Gasteiger partial charge in [0.1, 0.15) is 29.6 Å². The van der Waals surface area contributed by atoms with E-state index in [2.05, 4.69) is 21.0 Å². The molecule has 0 bridgehead atoms. The van der Waals surface area contributed by atoms with E-state index in [4.69, 9.17) is 20.8 Å². The maximum absolute atomic E-state index is 12.2. The van der Waals surface area contributed by atoms with E-state index in [0.717, 1.165) is 10.2 Å². The second-order valence-electron chi connectivity index (χ2n) is 5.66. The first kappa shape index (κ1) is 18.5. The van der Waals surface area contributed by atoms with Gasteiger partial charge in [-0.05, 0) is 55.5 Å². The predicted octanol–water partition coefficient (Wildman–Crippen LogP) is 5.21. The van der Waals surface area contributed by atoms with Crippen LogP contribution < -0.4 is 4.74 Å². The van der Waals surface area contributed by atoms with Gasteiger partial charge in [0.05, 0.1) is 10.7 Å². The van der Waals surface area contributed by atoms with Crippen molar-refractivity contribution in [3.05, 3.63) is 74.9 Å².